The number of halogens is 1. The van der Waals surface area contributed by atoms with Crippen LogP contribution in [0.25, 0.3) is 0 Å². The maximum absolute atomic E-state index is 6.13. The molecule has 0 saturated carbocycles. The van der Waals surface area contributed by atoms with E-state index in [2.05, 4.69) is 15.5 Å². The average Bonchev–Trinajstić information content (AvgIpc) is 2.95. The monoisotopic (exact) mass is 321 g/mol. The van der Waals surface area contributed by atoms with E-state index in [0.717, 1.165) is 30.9 Å². The number of aryl methyl sites for hydroxylation is 1. The van der Waals surface area contributed by atoms with Crippen LogP contribution in [0.1, 0.15) is 30.1 Å². The Morgan fingerprint density at radius 2 is 2.18 bits per heavy atom. The van der Waals surface area contributed by atoms with Crippen LogP contribution in [0.3, 0.4) is 0 Å². The number of hydrogen-bond acceptors (Lipinski definition) is 5. The molecule has 6 heteroatoms. The zero-order chi connectivity index (χ0) is 15.4. The molecule has 1 aliphatic rings. The van der Waals surface area contributed by atoms with Crippen molar-refractivity contribution in [1.29, 1.82) is 0 Å². The highest BCUT2D eigenvalue weighted by Gasteiger charge is 2.17. The van der Waals surface area contributed by atoms with E-state index in [9.17, 15) is 0 Å². The summed E-state index contributed by atoms with van der Waals surface area (Å²) in [6.45, 7) is 4.34. The third-order valence-electron chi connectivity index (χ3n) is 3.94. The number of nitrogens with one attached hydrogen (secondary N) is 1. The molecule has 1 saturated heterocycles. The standard InChI is InChI=1S/C16H20ClN3O2/c1-11-3-2-4-13(17)16(11)21-10-15-19-14(20-22-15)9-12-5-7-18-8-6-12/h2-4,12,18H,5-10H2,1H3. The highest BCUT2D eigenvalue weighted by atomic mass is 35.5. The molecule has 1 aromatic carbocycles. The molecular weight excluding hydrogens is 302 g/mol. The second kappa shape index (κ2) is 7.11. The van der Waals surface area contributed by atoms with E-state index in [1.807, 2.05) is 19.1 Å². The van der Waals surface area contributed by atoms with Crippen LogP contribution >= 0.6 is 11.6 Å². The molecule has 0 unspecified atom stereocenters. The minimum absolute atomic E-state index is 0.240. The van der Waals surface area contributed by atoms with Crippen molar-refractivity contribution in [3.05, 3.63) is 40.5 Å². The number of hydrogen-bond donors (Lipinski definition) is 1. The van der Waals surface area contributed by atoms with Crippen LogP contribution in [0.2, 0.25) is 5.02 Å². The van der Waals surface area contributed by atoms with Gasteiger partial charge >= 0.3 is 0 Å². The van der Waals surface area contributed by atoms with Crippen molar-refractivity contribution in [2.75, 3.05) is 13.1 Å². The van der Waals surface area contributed by atoms with Gasteiger partial charge in [0.15, 0.2) is 12.4 Å². The number of rotatable bonds is 5. The van der Waals surface area contributed by atoms with E-state index >= 15 is 0 Å². The van der Waals surface area contributed by atoms with Crippen LogP contribution in [0.4, 0.5) is 0 Å². The summed E-state index contributed by atoms with van der Waals surface area (Å²) in [6, 6.07) is 5.66. The second-order valence-electron chi connectivity index (χ2n) is 5.68. The molecule has 1 N–H and O–H groups in total. The lowest BCUT2D eigenvalue weighted by Gasteiger charge is -2.20. The Morgan fingerprint density at radius 3 is 2.95 bits per heavy atom. The molecule has 1 aromatic heterocycles. The van der Waals surface area contributed by atoms with Gasteiger partial charge in [0.2, 0.25) is 0 Å². The van der Waals surface area contributed by atoms with Gasteiger partial charge in [0.05, 0.1) is 5.02 Å². The lowest BCUT2D eigenvalue weighted by molar-refractivity contribution is 0.241. The molecule has 0 amide bonds. The average molecular weight is 322 g/mol. The lowest BCUT2D eigenvalue weighted by Crippen LogP contribution is -2.28. The van der Waals surface area contributed by atoms with E-state index in [1.165, 1.54) is 12.8 Å². The van der Waals surface area contributed by atoms with Crippen LogP contribution in [-0.4, -0.2) is 23.2 Å². The van der Waals surface area contributed by atoms with Crippen LogP contribution < -0.4 is 10.1 Å². The number of ether oxygens (including phenoxy) is 1. The summed E-state index contributed by atoms with van der Waals surface area (Å²) in [5.41, 5.74) is 0.988. The number of para-hydroxylation sites is 1. The van der Waals surface area contributed by atoms with Crippen molar-refractivity contribution in [3.63, 3.8) is 0 Å². The molecule has 0 bridgehead atoms. The molecule has 0 radical (unpaired) electrons. The summed E-state index contributed by atoms with van der Waals surface area (Å²) in [5.74, 6) is 2.56. The van der Waals surface area contributed by atoms with Crippen molar-refractivity contribution in [1.82, 2.24) is 15.5 Å². The van der Waals surface area contributed by atoms with Gasteiger partial charge < -0.3 is 14.6 Å². The van der Waals surface area contributed by atoms with Gasteiger partial charge in [-0.1, -0.05) is 28.9 Å². The Hall–Kier alpha value is -1.59. The zero-order valence-electron chi connectivity index (χ0n) is 12.6. The molecule has 2 heterocycles. The molecule has 22 heavy (non-hydrogen) atoms. The maximum Gasteiger partial charge on any atom is 0.264 e. The van der Waals surface area contributed by atoms with Gasteiger partial charge in [-0.05, 0) is 50.4 Å². The lowest BCUT2D eigenvalue weighted by atomic mass is 9.94. The van der Waals surface area contributed by atoms with E-state index < -0.39 is 0 Å². The quantitative estimate of drug-likeness (QED) is 0.916. The molecule has 1 aliphatic heterocycles. The third-order valence-corrected chi connectivity index (χ3v) is 4.24. The van der Waals surface area contributed by atoms with Gasteiger partial charge in [0.1, 0.15) is 5.75 Å². The fraction of sp³-hybridized carbons (Fsp3) is 0.500. The normalized spacial score (nSPS) is 15.9. The summed E-state index contributed by atoms with van der Waals surface area (Å²) < 4.78 is 11.0. The maximum atomic E-state index is 6.13. The summed E-state index contributed by atoms with van der Waals surface area (Å²) in [4.78, 5) is 4.41. The molecule has 0 spiro atoms. The van der Waals surface area contributed by atoms with Crippen molar-refractivity contribution >= 4 is 11.6 Å². The fourth-order valence-corrected chi connectivity index (χ4v) is 2.99. The summed E-state index contributed by atoms with van der Waals surface area (Å²) in [5, 5.41) is 8.00. The van der Waals surface area contributed by atoms with Gasteiger partial charge in [0.25, 0.3) is 5.89 Å². The van der Waals surface area contributed by atoms with E-state index in [4.69, 9.17) is 20.9 Å². The molecule has 2 aromatic rings. The van der Waals surface area contributed by atoms with Crippen molar-refractivity contribution < 1.29 is 9.26 Å². The SMILES string of the molecule is Cc1cccc(Cl)c1OCc1nc(CC2CCNCC2)no1. The second-order valence-corrected chi connectivity index (χ2v) is 6.08. The molecule has 5 nitrogen and oxygen atoms in total. The first-order chi connectivity index (χ1) is 10.7. The van der Waals surface area contributed by atoms with E-state index in [-0.39, 0.29) is 6.61 Å². The van der Waals surface area contributed by atoms with E-state index in [0.29, 0.717) is 22.6 Å². The Morgan fingerprint density at radius 1 is 1.36 bits per heavy atom. The van der Waals surface area contributed by atoms with Crippen LogP contribution in [0.15, 0.2) is 22.7 Å². The zero-order valence-corrected chi connectivity index (χ0v) is 13.4. The number of aromatic nitrogens is 2. The summed E-state index contributed by atoms with van der Waals surface area (Å²) in [7, 11) is 0. The predicted octanol–water partition coefficient (Wildman–Crippen LogP) is 3.15. The first-order valence-electron chi connectivity index (χ1n) is 7.62. The van der Waals surface area contributed by atoms with Gasteiger partial charge in [0, 0.05) is 6.42 Å². The molecule has 1 fully saturated rings. The van der Waals surface area contributed by atoms with Crippen LogP contribution in [0.5, 0.6) is 5.75 Å². The Balaban J connectivity index is 1.57. The Labute approximate surface area is 135 Å². The van der Waals surface area contributed by atoms with Gasteiger partial charge in [-0.15, -0.1) is 0 Å². The predicted molar refractivity (Wildman–Crippen MR) is 84.1 cm³/mol. The van der Waals surface area contributed by atoms with Gasteiger partial charge in [-0.2, -0.15) is 4.98 Å². The molecule has 3 rings (SSSR count). The molecular formula is C16H20ClN3O2. The Bertz CT molecular complexity index is 603. The van der Waals surface area contributed by atoms with Crippen molar-refractivity contribution in [2.45, 2.75) is 32.8 Å². The molecule has 118 valence electrons. The topological polar surface area (TPSA) is 60.2 Å². The number of piperidine rings is 1. The molecule has 0 aliphatic carbocycles. The largest absolute Gasteiger partial charge is 0.482 e. The first kappa shape index (κ1) is 15.3. The minimum atomic E-state index is 0.240. The minimum Gasteiger partial charge on any atom is -0.482 e. The number of benzene rings is 1. The highest BCUT2D eigenvalue weighted by Crippen LogP contribution is 2.28. The fourth-order valence-electron chi connectivity index (χ4n) is 2.71. The smallest absolute Gasteiger partial charge is 0.264 e. The van der Waals surface area contributed by atoms with Crippen molar-refractivity contribution in [2.24, 2.45) is 5.92 Å². The van der Waals surface area contributed by atoms with Gasteiger partial charge in [-0.3, -0.25) is 0 Å². The van der Waals surface area contributed by atoms with E-state index in [1.54, 1.807) is 6.07 Å². The third kappa shape index (κ3) is 3.78. The Kier molecular flexibility index (Phi) is 4.95. The number of nitrogens with zero attached hydrogens (tertiary/aromatic N) is 2. The van der Waals surface area contributed by atoms with Crippen LogP contribution in [-0.2, 0) is 13.0 Å². The highest BCUT2D eigenvalue weighted by molar-refractivity contribution is 6.32. The van der Waals surface area contributed by atoms with Crippen molar-refractivity contribution in [3.8, 4) is 5.75 Å². The van der Waals surface area contributed by atoms with Gasteiger partial charge in [-0.25, -0.2) is 0 Å². The summed E-state index contributed by atoms with van der Waals surface area (Å²) in [6.07, 6.45) is 3.20. The van der Waals surface area contributed by atoms with Crippen LogP contribution in [0, 0.1) is 12.8 Å². The first-order valence-corrected chi connectivity index (χ1v) is 8.00. The molecule has 0 atom stereocenters. The summed E-state index contributed by atoms with van der Waals surface area (Å²) >= 11 is 6.13.